The number of hydrogen-bond donors (Lipinski definition) is 1. The van der Waals surface area contributed by atoms with E-state index in [-0.39, 0.29) is 17.2 Å². The predicted molar refractivity (Wildman–Crippen MR) is 57.8 cm³/mol. The van der Waals surface area contributed by atoms with Crippen molar-refractivity contribution >= 4 is 0 Å². The Bertz CT molecular complexity index is 376. The Morgan fingerprint density at radius 2 is 2.19 bits per heavy atom. The molecule has 1 aliphatic heterocycles. The van der Waals surface area contributed by atoms with Crippen LogP contribution >= 0.6 is 0 Å². The van der Waals surface area contributed by atoms with E-state index in [0.717, 1.165) is 19.4 Å². The van der Waals surface area contributed by atoms with E-state index < -0.39 is 11.6 Å². The summed E-state index contributed by atoms with van der Waals surface area (Å²) in [6.07, 6.45) is 1.76. The van der Waals surface area contributed by atoms with Gasteiger partial charge in [-0.3, -0.25) is 0 Å². The van der Waals surface area contributed by atoms with Crippen molar-refractivity contribution in [3.63, 3.8) is 0 Å². The van der Waals surface area contributed by atoms with Crippen LogP contribution in [0.1, 0.15) is 24.3 Å². The highest BCUT2D eigenvalue weighted by Gasteiger charge is 2.24. The summed E-state index contributed by atoms with van der Waals surface area (Å²) in [7, 11) is 1.39. The number of nitrogens with one attached hydrogen (secondary N) is 1. The van der Waals surface area contributed by atoms with Gasteiger partial charge in [0.05, 0.1) is 7.11 Å². The van der Waals surface area contributed by atoms with Crippen molar-refractivity contribution in [1.82, 2.24) is 5.32 Å². The molecule has 0 aromatic heterocycles. The normalized spacial score (nSPS) is 20.8. The molecule has 1 N–H and O–H groups in total. The SMILES string of the molecule is COc1ccc(F)c(C2CCCNC2)c1F. The van der Waals surface area contributed by atoms with Gasteiger partial charge in [-0.15, -0.1) is 0 Å². The molecule has 1 heterocycles. The van der Waals surface area contributed by atoms with Crippen LogP contribution in [0.3, 0.4) is 0 Å². The van der Waals surface area contributed by atoms with Gasteiger partial charge in [-0.25, -0.2) is 8.78 Å². The standard InChI is InChI=1S/C12H15F2NO/c1-16-10-5-4-9(13)11(12(10)14)8-3-2-6-15-7-8/h4-5,8,15H,2-3,6-7H2,1H3. The molecule has 0 spiro atoms. The lowest BCUT2D eigenvalue weighted by Crippen LogP contribution is -2.29. The fraction of sp³-hybridized carbons (Fsp3) is 0.500. The van der Waals surface area contributed by atoms with Crippen molar-refractivity contribution in [2.75, 3.05) is 20.2 Å². The van der Waals surface area contributed by atoms with Gasteiger partial charge in [0.15, 0.2) is 11.6 Å². The molecular weight excluding hydrogens is 212 g/mol. The van der Waals surface area contributed by atoms with Crippen LogP contribution in [0, 0.1) is 11.6 Å². The molecule has 0 amide bonds. The summed E-state index contributed by atoms with van der Waals surface area (Å²) in [5.41, 5.74) is 0.159. The van der Waals surface area contributed by atoms with Gasteiger partial charge in [-0.2, -0.15) is 0 Å². The minimum absolute atomic E-state index is 0.0937. The molecule has 1 atom stereocenters. The molecule has 16 heavy (non-hydrogen) atoms. The number of benzene rings is 1. The first-order chi connectivity index (χ1) is 7.74. The van der Waals surface area contributed by atoms with Crippen LogP contribution in [0.25, 0.3) is 0 Å². The molecule has 0 aliphatic carbocycles. The lowest BCUT2D eigenvalue weighted by Gasteiger charge is -2.24. The van der Waals surface area contributed by atoms with Crippen molar-refractivity contribution < 1.29 is 13.5 Å². The quantitative estimate of drug-likeness (QED) is 0.837. The number of halogens is 2. The lowest BCUT2D eigenvalue weighted by molar-refractivity contribution is 0.369. The van der Waals surface area contributed by atoms with Gasteiger partial charge >= 0.3 is 0 Å². The molecule has 1 saturated heterocycles. The number of ether oxygens (including phenoxy) is 1. The maximum absolute atomic E-state index is 13.9. The molecule has 0 radical (unpaired) electrons. The molecule has 2 nitrogen and oxygen atoms in total. The van der Waals surface area contributed by atoms with Gasteiger partial charge in [0.1, 0.15) is 5.82 Å². The van der Waals surface area contributed by atoms with Gasteiger partial charge in [-0.1, -0.05) is 0 Å². The summed E-state index contributed by atoms with van der Waals surface area (Å²) < 4.78 is 32.4. The number of rotatable bonds is 2. The van der Waals surface area contributed by atoms with Crippen LogP contribution in [0.4, 0.5) is 8.78 Å². The second kappa shape index (κ2) is 4.78. The van der Waals surface area contributed by atoms with E-state index in [1.54, 1.807) is 0 Å². The van der Waals surface area contributed by atoms with Crippen molar-refractivity contribution in [3.8, 4) is 5.75 Å². The Labute approximate surface area is 93.6 Å². The maximum atomic E-state index is 13.9. The fourth-order valence-electron chi connectivity index (χ4n) is 2.18. The topological polar surface area (TPSA) is 21.3 Å². The molecule has 0 bridgehead atoms. The molecule has 1 aromatic carbocycles. The predicted octanol–water partition coefficient (Wildman–Crippen LogP) is 2.44. The summed E-state index contributed by atoms with van der Waals surface area (Å²) >= 11 is 0. The Morgan fingerprint density at radius 1 is 1.38 bits per heavy atom. The summed E-state index contributed by atoms with van der Waals surface area (Å²) in [5, 5.41) is 3.15. The zero-order valence-corrected chi connectivity index (χ0v) is 9.22. The average molecular weight is 227 g/mol. The average Bonchev–Trinajstić information content (AvgIpc) is 2.31. The molecule has 2 rings (SSSR count). The molecule has 1 fully saturated rings. The van der Waals surface area contributed by atoms with Gasteiger partial charge in [0.25, 0.3) is 0 Å². The van der Waals surface area contributed by atoms with E-state index >= 15 is 0 Å². The summed E-state index contributed by atoms with van der Waals surface area (Å²) in [4.78, 5) is 0. The highest BCUT2D eigenvalue weighted by atomic mass is 19.1. The van der Waals surface area contributed by atoms with E-state index in [4.69, 9.17) is 4.74 Å². The van der Waals surface area contributed by atoms with Crippen LogP contribution < -0.4 is 10.1 Å². The van der Waals surface area contributed by atoms with Crippen LogP contribution in [0.15, 0.2) is 12.1 Å². The zero-order chi connectivity index (χ0) is 11.5. The zero-order valence-electron chi connectivity index (χ0n) is 9.22. The molecule has 88 valence electrons. The van der Waals surface area contributed by atoms with E-state index in [0.29, 0.717) is 6.54 Å². The molecular formula is C12H15F2NO. The Kier molecular flexibility index (Phi) is 3.39. The second-order valence-corrected chi connectivity index (χ2v) is 4.02. The first-order valence-corrected chi connectivity index (χ1v) is 5.46. The highest BCUT2D eigenvalue weighted by Crippen LogP contribution is 2.32. The van der Waals surface area contributed by atoms with Gasteiger partial charge in [0.2, 0.25) is 0 Å². The van der Waals surface area contributed by atoms with Crippen LogP contribution in [0.2, 0.25) is 0 Å². The van der Waals surface area contributed by atoms with Crippen molar-refractivity contribution in [3.05, 3.63) is 29.3 Å². The summed E-state index contributed by atoms with van der Waals surface area (Å²) in [6.45, 7) is 1.55. The smallest absolute Gasteiger partial charge is 0.171 e. The molecule has 1 unspecified atom stereocenters. The maximum Gasteiger partial charge on any atom is 0.171 e. The fourth-order valence-corrected chi connectivity index (χ4v) is 2.18. The number of methoxy groups -OCH3 is 1. The Morgan fingerprint density at radius 3 is 2.81 bits per heavy atom. The number of hydrogen-bond acceptors (Lipinski definition) is 2. The van der Waals surface area contributed by atoms with E-state index in [9.17, 15) is 8.78 Å². The van der Waals surface area contributed by atoms with E-state index in [1.807, 2.05) is 0 Å². The Hall–Kier alpha value is -1.16. The van der Waals surface area contributed by atoms with Gasteiger partial charge < -0.3 is 10.1 Å². The largest absolute Gasteiger partial charge is 0.494 e. The third-order valence-corrected chi connectivity index (χ3v) is 3.02. The van der Waals surface area contributed by atoms with Crippen molar-refractivity contribution in [1.29, 1.82) is 0 Å². The summed E-state index contributed by atoms with van der Waals surface area (Å²) in [6, 6.07) is 2.59. The van der Waals surface area contributed by atoms with E-state index in [2.05, 4.69) is 5.32 Å². The molecule has 0 saturated carbocycles. The highest BCUT2D eigenvalue weighted by molar-refractivity contribution is 5.35. The first-order valence-electron chi connectivity index (χ1n) is 5.46. The summed E-state index contributed by atoms with van der Waals surface area (Å²) in [5.74, 6) is -1.02. The Balaban J connectivity index is 2.37. The third-order valence-electron chi connectivity index (χ3n) is 3.02. The minimum Gasteiger partial charge on any atom is -0.494 e. The number of piperidine rings is 1. The monoisotopic (exact) mass is 227 g/mol. The lowest BCUT2D eigenvalue weighted by atomic mass is 9.90. The molecule has 1 aliphatic rings. The molecule has 1 aromatic rings. The van der Waals surface area contributed by atoms with Crippen molar-refractivity contribution in [2.24, 2.45) is 0 Å². The van der Waals surface area contributed by atoms with Crippen LogP contribution in [-0.4, -0.2) is 20.2 Å². The van der Waals surface area contributed by atoms with E-state index in [1.165, 1.54) is 19.2 Å². The third kappa shape index (κ3) is 2.02. The van der Waals surface area contributed by atoms with Crippen LogP contribution in [-0.2, 0) is 0 Å². The minimum atomic E-state index is -0.559. The van der Waals surface area contributed by atoms with Gasteiger partial charge in [-0.05, 0) is 31.5 Å². The van der Waals surface area contributed by atoms with Gasteiger partial charge in [0, 0.05) is 18.0 Å². The second-order valence-electron chi connectivity index (χ2n) is 4.02. The van der Waals surface area contributed by atoms with Crippen molar-refractivity contribution in [2.45, 2.75) is 18.8 Å². The van der Waals surface area contributed by atoms with Crippen LogP contribution in [0.5, 0.6) is 5.75 Å². The molecule has 4 heteroatoms. The first kappa shape index (κ1) is 11.3.